The van der Waals surface area contributed by atoms with E-state index in [1.165, 1.54) is 12.1 Å². The van der Waals surface area contributed by atoms with Gasteiger partial charge in [0.25, 0.3) is 11.8 Å². The van der Waals surface area contributed by atoms with Gasteiger partial charge < -0.3 is 10.1 Å². The lowest BCUT2D eigenvalue weighted by Crippen LogP contribution is -2.41. The summed E-state index contributed by atoms with van der Waals surface area (Å²) in [6.07, 6.45) is 0. The average molecular weight is 323 g/mol. The van der Waals surface area contributed by atoms with Gasteiger partial charge in [0.15, 0.2) is 0 Å². The first-order chi connectivity index (χ1) is 11.5. The molecule has 2 amide bonds. The Hall–Kier alpha value is -3.28. The number of nitrogens with one attached hydrogen (secondary N) is 3. The first-order valence-corrected chi connectivity index (χ1v) is 7.45. The Morgan fingerprint density at radius 3 is 2.46 bits per heavy atom. The molecule has 0 saturated carbocycles. The molecule has 0 radical (unpaired) electrons. The summed E-state index contributed by atoms with van der Waals surface area (Å²) in [6.45, 7) is 3.96. The summed E-state index contributed by atoms with van der Waals surface area (Å²) in [7, 11) is 0. The third-order valence-electron chi connectivity index (χ3n) is 4.01. The second kappa shape index (κ2) is 6.08. The number of phenols is 1. The van der Waals surface area contributed by atoms with Crippen LogP contribution in [0.1, 0.15) is 32.0 Å². The highest BCUT2D eigenvalue weighted by molar-refractivity contribution is 6.02. The van der Waals surface area contributed by atoms with E-state index in [0.29, 0.717) is 5.56 Å². The second-order valence-electron chi connectivity index (χ2n) is 5.56. The number of benzene rings is 2. The lowest BCUT2D eigenvalue weighted by atomic mass is 10.1. The molecule has 0 spiro atoms. The maximum Gasteiger partial charge on any atom is 0.273 e. The van der Waals surface area contributed by atoms with E-state index >= 15 is 0 Å². The van der Waals surface area contributed by atoms with Crippen molar-refractivity contribution in [3.63, 3.8) is 0 Å². The smallest absolute Gasteiger partial charge is 0.273 e. The first kappa shape index (κ1) is 15.6. The predicted molar refractivity (Wildman–Crippen MR) is 90.8 cm³/mol. The number of hydrazine groups is 1. The molecule has 2 aromatic carbocycles. The highest BCUT2D eigenvalue weighted by atomic mass is 16.3. The number of H-pyrrole nitrogens is 1. The Labute approximate surface area is 138 Å². The molecule has 0 fully saturated rings. The van der Waals surface area contributed by atoms with E-state index in [2.05, 4.69) is 15.8 Å². The molecule has 0 atom stereocenters. The molecule has 1 heterocycles. The van der Waals surface area contributed by atoms with Crippen molar-refractivity contribution in [2.24, 2.45) is 0 Å². The van der Waals surface area contributed by atoms with Crippen LogP contribution in [0, 0.1) is 13.8 Å². The van der Waals surface area contributed by atoms with Crippen LogP contribution in [-0.4, -0.2) is 21.9 Å². The number of phenolic OH excluding ortho intramolecular Hbond substituents is 1. The molecule has 0 saturated heterocycles. The van der Waals surface area contributed by atoms with Crippen molar-refractivity contribution in [1.29, 1.82) is 0 Å². The highest BCUT2D eigenvalue weighted by Crippen LogP contribution is 2.22. The normalized spacial score (nSPS) is 10.6. The summed E-state index contributed by atoms with van der Waals surface area (Å²) < 4.78 is 0. The van der Waals surface area contributed by atoms with E-state index in [-0.39, 0.29) is 11.3 Å². The number of aromatic hydroxyl groups is 1. The van der Waals surface area contributed by atoms with Crippen molar-refractivity contribution in [2.45, 2.75) is 13.8 Å². The summed E-state index contributed by atoms with van der Waals surface area (Å²) in [5.74, 6) is -1.17. The molecule has 3 aromatic rings. The fourth-order valence-corrected chi connectivity index (χ4v) is 2.52. The Balaban J connectivity index is 1.74. The molecule has 6 heteroatoms. The van der Waals surface area contributed by atoms with Crippen molar-refractivity contribution in [3.8, 4) is 5.75 Å². The lowest BCUT2D eigenvalue weighted by Gasteiger charge is -2.08. The fraction of sp³-hybridized carbons (Fsp3) is 0.111. The van der Waals surface area contributed by atoms with Gasteiger partial charge in [-0.15, -0.1) is 0 Å². The van der Waals surface area contributed by atoms with Gasteiger partial charge in [0, 0.05) is 22.2 Å². The summed E-state index contributed by atoms with van der Waals surface area (Å²) in [5, 5.41) is 10.6. The molecule has 0 aliphatic heterocycles. The predicted octanol–water partition coefficient (Wildman–Crippen LogP) is 2.57. The SMILES string of the molecule is Cc1[nH]c2ccc(C(=O)NNC(=O)c3ccccc3O)cc2c1C. The second-order valence-corrected chi connectivity index (χ2v) is 5.56. The summed E-state index contributed by atoms with van der Waals surface area (Å²) in [5.41, 5.74) is 8.27. The van der Waals surface area contributed by atoms with E-state index in [1.807, 2.05) is 19.9 Å². The van der Waals surface area contributed by atoms with Crippen molar-refractivity contribution in [1.82, 2.24) is 15.8 Å². The van der Waals surface area contributed by atoms with Crippen LogP contribution in [-0.2, 0) is 0 Å². The first-order valence-electron chi connectivity index (χ1n) is 7.45. The van der Waals surface area contributed by atoms with Crippen molar-refractivity contribution in [3.05, 3.63) is 64.8 Å². The maximum absolute atomic E-state index is 12.2. The molecule has 0 unspecified atom stereocenters. The molecule has 122 valence electrons. The average Bonchev–Trinajstić information content (AvgIpc) is 2.87. The van der Waals surface area contributed by atoms with Gasteiger partial charge in [-0.3, -0.25) is 20.4 Å². The lowest BCUT2D eigenvalue weighted by molar-refractivity contribution is 0.0845. The molecular formula is C18H17N3O3. The largest absolute Gasteiger partial charge is 0.507 e. The van der Waals surface area contributed by atoms with Crippen molar-refractivity contribution < 1.29 is 14.7 Å². The topological polar surface area (TPSA) is 94.2 Å². The van der Waals surface area contributed by atoms with E-state index in [4.69, 9.17) is 0 Å². The van der Waals surface area contributed by atoms with E-state index in [9.17, 15) is 14.7 Å². The third-order valence-corrected chi connectivity index (χ3v) is 4.01. The molecule has 0 bridgehead atoms. The quantitative estimate of drug-likeness (QED) is 0.546. The molecule has 6 nitrogen and oxygen atoms in total. The van der Waals surface area contributed by atoms with Gasteiger partial charge >= 0.3 is 0 Å². The molecule has 3 rings (SSSR count). The zero-order chi connectivity index (χ0) is 17.3. The molecule has 0 aliphatic carbocycles. The zero-order valence-corrected chi connectivity index (χ0v) is 13.3. The number of hydrogen-bond acceptors (Lipinski definition) is 3. The minimum atomic E-state index is -0.587. The minimum Gasteiger partial charge on any atom is -0.507 e. The van der Waals surface area contributed by atoms with E-state index in [1.54, 1.807) is 24.3 Å². The van der Waals surface area contributed by atoms with Crippen LogP contribution in [0.4, 0.5) is 0 Å². The Bertz CT molecular complexity index is 944. The maximum atomic E-state index is 12.2. The monoisotopic (exact) mass is 323 g/mol. The number of fused-ring (bicyclic) bond motifs is 1. The Morgan fingerprint density at radius 2 is 1.71 bits per heavy atom. The van der Waals surface area contributed by atoms with Crippen LogP contribution in [0.5, 0.6) is 5.75 Å². The van der Waals surface area contributed by atoms with Gasteiger partial charge in [0.2, 0.25) is 0 Å². The highest BCUT2D eigenvalue weighted by Gasteiger charge is 2.13. The summed E-state index contributed by atoms with van der Waals surface area (Å²) in [4.78, 5) is 27.5. The van der Waals surface area contributed by atoms with Gasteiger partial charge in [-0.1, -0.05) is 12.1 Å². The number of aromatic nitrogens is 1. The van der Waals surface area contributed by atoms with Gasteiger partial charge in [-0.2, -0.15) is 0 Å². The molecular weight excluding hydrogens is 306 g/mol. The van der Waals surface area contributed by atoms with Crippen LogP contribution < -0.4 is 10.9 Å². The van der Waals surface area contributed by atoms with Gasteiger partial charge in [-0.05, 0) is 49.7 Å². The molecule has 0 aliphatic rings. The molecule has 1 aromatic heterocycles. The molecule has 24 heavy (non-hydrogen) atoms. The van der Waals surface area contributed by atoms with Crippen molar-refractivity contribution >= 4 is 22.7 Å². The van der Waals surface area contributed by atoms with Crippen LogP contribution in [0.25, 0.3) is 10.9 Å². The van der Waals surface area contributed by atoms with Gasteiger partial charge in [0.1, 0.15) is 5.75 Å². The summed E-state index contributed by atoms with van der Waals surface area (Å²) in [6, 6.07) is 11.4. The summed E-state index contributed by atoms with van der Waals surface area (Å²) >= 11 is 0. The van der Waals surface area contributed by atoms with Crippen molar-refractivity contribution in [2.75, 3.05) is 0 Å². The number of aryl methyl sites for hydroxylation is 2. The van der Waals surface area contributed by atoms with Gasteiger partial charge in [0.05, 0.1) is 5.56 Å². The number of carbonyl (C=O) groups is 2. The van der Waals surface area contributed by atoms with Gasteiger partial charge in [-0.25, -0.2) is 0 Å². The van der Waals surface area contributed by atoms with E-state index in [0.717, 1.165) is 22.2 Å². The van der Waals surface area contributed by atoms with Crippen LogP contribution in [0.3, 0.4) is 0 Å². The van der Waals surface area contributed by atoms with Crippen LogP contribution in [0.15, 0.2) is 42.5 Å². The third kappa shape index (κ3) is 2.81. The molecule has 4 N–H and O–H groups in total. The van der Waals surface area contributed by atoms with Crippen LogP contribution in [0.2, 0.25) is 0 Å². The minimum absolute atomic E-state index is 0.0883. The number of carbonyl (C=O) groups excluding carboxylic acids is 2. The Morgan fingerprint density at radius 1 is 1.00 bits per heavy atom. The Kier molecular flexibility index (Phi) is 3.95. The number of rotatable bonds is 2. The zero-order valence-electron chi connectivity index (χ0n) is 13.3. The van der Waals surface area contributed by atoms with Crippen LogP contribution >= 0.6 is 0 Å². The number of para-hydroxylation sites is 1. The number of amides is 2. The number of hydrogen-bond donors (Lipinski definition) is 4. The standard InChI is InChI=1S/C18H17N3O3/c1-10-11(2)19-15-8-7-12(9-14(10)15)17(23)20-21-18(24)13-5-3-4-6-16(13)22/h3-9,19,22H,1-2H3,(H,20,23)(H,21,24). The van der Waals surface area contributed by atoms with E-state index < -0.39 is 11.8 Å². The fourth-order valence-electron chi connectivity index (χ4n) is 2.52. The number of aromatic amines is 1.